The van der Waals surface area contributed by atoms with Gasteiger partial charge in [-0.25, -0.2) is 4.79 Å². The molecule has 8 nitrogen and oxygen atoms in total. The molecular weight excluding hydrogens is 410 g/mol. The first-order chi connectivity index (χ1) is 15.6. The summed E-state index contributed by atoms with van der Waals surface area (Å²) in [7, 11) is 0. The van der Waals surface area contributed by atoms with Crippen LogP contribution in [-0.4, -0.2) is 73.5 Å². The van der Waals surface area contributed by atoms with Crippen molar-refractivity contribution in [2.45, 2.75) is 0 Å². The molecule has 0 unspecified atom stereocenters. The minimum atomic E-state index is -0.620. The Labute approximate surface area is 186 Å². The van der Waals surface area contributed by atoms with E-state index in [1.54, 1.807) is 17.0 Å². The third-order valence-electron chi connectivity index (χ3n) is 5.37. The molecule has 1 saturated heterocycles. The lowest BCUT2D eigenvalue weighted by Gasteiger charge is -2.34. The summed E-state index contributed by atoms with van der Waals surface area (Å²) in [4.78, 5) is 40.2. The second kappa shape index (κ2) is 10.1. The second-order valence-corrected chi connectivity index (χ2v) is 7.62. The lowest BCUT2D eigenvalue weighted by molar-refractivity contribution is -0.136. The number of nitrogens with zero attached hydrogens (tertiary/aromatic N) is 2. The molecule has 0 aliphatic carbocycles. The van der Waals surface area contributed by atoms with Crippen LogP contribution in [-0.2, 0) is 14.3 Å². The highest BCUT2D eigenvalue weighted by molar-refractivity contribution is 5.98. The van der Waals surface area contributed by atoms with Gasteiger partial charge in [-0.3, -0.25) is 14.5 Å². The van der Waals surface area contributed by atoms with Gasteiger partial charge >= 0.3 is 5.97 Å². The Balaban J connectivity index is 1.20. The number of piperazine rings is 1. The molecule has 0 bridgehead atoms. The number of esters is 1. The van der Waals surface area contributed by atoms with Crippen molar-refractivity contribution in [1.29, 1.82) is 0 Å². The van der Waals surface area contributed by atoms with Crippen molar-refractivity contribution in [1.82, 2.24) is 9.80 Å². The van der Waals surface area contributed by atoms with E-state index in [9.17, 15) is 14.4 Å². The van der Waals surface area contributed by atoms with Crippen molar-refractivity contribution in [3.8, 4) is 5.75 Å². The summed E-state index contributed by atoms with van der Waals surface area (Å²) in [5, 5.41) is 2.64. The first-order valence-corrected chi connectivity index (χ1v) is 10.5. The number of hydrogen-bond acceptors (Lipinski definition) is 6. The summed E-state index contributed by atoms with van der Waals surface area (Å²) in [6.07, 6.45) is 4.22. The van der Waals surface area contributed by atoms with Gasteiger partial charge in [0, 0.05) is 32.7 Å². The average Bonchev–Trinajstić information content (AvgIpc) is 2.83. The van der Waals surface area contributed by atoms with Gasteiger partial charge in [-0.1, -0.05) is 42.5 Å². The first kappa shape index (κ1) is 21.6. The maximum absolute atomic E-state index is 12.5. The van der Waals surface area contributed by atoms with Crippen LogP contribution in [0.4, 0.5) is 5.69 Å². The van der Waals surface area contributed by atoms with Crippen LogP contribution in [0.3, 0.4) is 0 Å². The Morgan fingerprint density at radius 2 is 1.84 bits per heavy atom. The van der Waals surface area contributed by atoms with E-state index in [1.807, 2.05) is 18.2 Å². The maximum atomic E-state index is 12.5. The molecule has 2 aromatic rings. The average molecular weight is 435 g/mol. The highest BCUT2D eigenvalue weighted by Crippen LogP contribution is 2.28. The van der Waals surface area contributed by atoms with Crippen LogP contribution in [0.2, 0.25) is 0 Å². The Morgan fingerprint density at radius 3 is 2.62 bits per heavy atom. The summed E-state index contributed by atoms with van der Waals surface area (Å²) in [5.41, 5.74) is 1.83. The number of nitrogens with one attached hydrogen (secondary N) is 1. The number of carbonyl (C=O) groups excluding carboxylic acids is 3. The summed E-state index contributed by atoms with van der Waals surface area (Å²) >= 11 is 0. The largest absolute Gasteiger partial charge is 0.482 e. The van der Waals surface area contributed by atoms with Crippen LogP contribution in [0.25, 0.3) is 6.08 Å². The maximum Gasteiger partial charge on any atom is 0.338 e. The number of rotatable bonds is 6. The number of benzene rings is 2. The minimum Gasteiger partial charge on any atom is -0.482 e. The first-order valence-electron chi connectivity index (χ1n) is 10.5. The molecule has 2 amide bonds. The molecule has 2 aliphatic heterocycles. The molecule has 0 aromatic heterocycles. The van der Waals surface area contributed by atoms with E-state index >= 15 is 0 Å². The number of ether oxygens (including phenoxy) is 2. The van der Waals surface area contributed by atoms with Crippen molar-refractivity contribution < 1.29 is 23.9 Å². The lowest BCUT2D eigenvalue weighted by Crippen LogP contribution is -2.49. The Hall–Kier alpha value is -3.65. The zero-order valence-corrected chi connectivity index (χ0v) is 17.7. The van der Waals surface area contributed by atoms with Crippen molar-refractivity contribution in [2.24, 2.45) is 0 Å². The number of fused-ring (bicyclic) bond motifs is 1. The molecule has 8 heteroatoms. The number of anilines is 1. The quantitative estimate of drug-likeness (QED) is 0.699. The second-order valence-electron chi connectivity index (χ2n) is 7.62. The van der Waals surface area contributed by atoms with Gasteiger partial charge < -0.3 is 19.7 Å². The van der Waals surface area contributed by atoms with Crippen LogP contribution < -0.4 is 10.1 Å². The van der Waals surface area contributed by atoms with E-state index < -0.39 is 5.97 Å². The van der Waals surface area contributed by atoms with Crippen LogP contribution in [0.5, 0.6) is 5.75 Å². The van der Waals surface area contributed by atoms with Crippen LogP contribution in [0, 0.1) is 0 Å². The van der Waals surface area contributed by atoms with Gasteiger partial charge in [0.25, 0.3) is 11.8 Å². The van der Waals surface area contributed by atoms with Crippen LogP contribution in [0.15, 0.2) is 54.6 Å². The predicted octanol–water partition coefficient (Wildman–Crippen LogP) is 2.03. The van der Waals surface area contributed by atoms with E-state index in [-0.39, 0.29) is 30.6 Å². The highest BCUT2D eigenvalue weighted by Gasteiger charge is 2.23. The van der Waals surface area contributed by atoms with E-state index in [2.05, 4.69) is 34.5 Å². The number of amides is 2. The van der Waals surface area contributed by atoms with Crippen molar-refractivity contribution >= 4 is 29.5 Å². The van der Waals surface area contributed by atoms with Crippen molar-refractivity contribution in [2.75, 3.05) is 51.3 Å². The van der Waals surface area contributed by atoms with E-state index in [0.717, 1.165) is 25.2 Å². The molecule has 2 aliphatic rings. The normalized spacial score (nSPS) is 16.2. The molecular formula is C24H25N3O5. The molecule has 0 saturated carbocycles. The Morgan fingerprint density at radius 1 is 1.06 bits per heavy atom. The van der Waals surface area contributed by atoms with Gasteiger partial charge in [0.05, 0.1) is 11.3 Å². The highest BCUT2D eigenvalue weighted by atomic mass is 16.5. The van der Waals surface area contributed by atoms with Crippen LogP contribution >= 0.6 is 0 Å². The summed E-state index contributed by atoms with van der Waals surface area (Å²) in [6, 6.07) is 14.8. The monoisotopic (exact) mass is 435 g/mol. The molecule has 166 valence electrons. The molecule has 1 N–H and O–H groups in total. The molecule has 2 heterocycles. The summed E-state index contributed by atoms with van der Waals surface area (Å²) < 4.78 is 10.5. The van der Waals surface area contributed by atoms with Gasteiger partial charge in [-0.2, -0.15) is 0 Å². The van der Waals surface area contributed by atoms with Crippen molar-refractivity contribution in [3.63, 3.8) is 0 Å². The number of carbonyl (C=O) groups is 3. The van der Waals surface area contributed by atoms with E-state index in [1.165, 1.54) is 6.07 Å². The molecule has 0 radical (unpaired) electrons. The smallest absolute Gasteiger partial charge is 0.338 e. The van der Waals surface area contributed by atoms with Gasteiger partial charge in [0.1, 0.15) is 5.75 Å². The summed E-state index contributed by atoms with van der Waals surface area (Å²) in [6.45, 7) is 3.18. The van der Waals surface area contributed by atoms with E-state index in [4.69, 9.17) is 9.47 Å². The van der Waals surface area contributed by atoms with Gasteiger partial charge in [-0.05, 0) is 23.8 Å². The molecule has 2 aromatic carbocycles. The van der Waals surface area contributed by atoms with Crippen LogP contribution in [0.1, 0.15) is 15.9 Å². The topological polar surface area (TPSA) is 88.2 Å². The predicted molar refractivity (Wildman–Crippen MR) is 119 cm³/mol. The Bertz CT molecular complexity index is 1010. The number of hydrogen-bond donors (Lipinski definition) is 1. The molecule has 4 rings (SSSR count). The minimum absolute atomic E-state index is 0.0537. The van der Waals surface area contributed by atoms with Gasteiger partial charge in [0.15, 0.2) is 13.2 Å². The molecule has 0 spiro atoms. The van der Waals surface area contributed by atoms with Gasteiger partial charge in [-0.15, -0.1) is 0 Å². The third kappa shape index (κ3) is 5.53. The fourth-order valence-corrected chi connectivity index (χ4v) is 3.59. The standard InChI is InChI=1S/C24H25N3O5/c28-22-16-31-21-9-8-19(15-20(21)25-22)24(30)32-17-23(29)27-13-11-26(12-14-27)10-4-7-18-5-2-1-3-6-18/h1-9,15H,10-14,16-17H2,(H,25,28)/b7-4+. The lowest BCUT2D eigenvalue weighted by atomic mass is 10.1. The zero-order chi connectivity index (χ0) is 22.3. The van der Waals surface area contributed by atoms with Crippen molar-refractivity contribution in [3.05, 3.63) is 65.7 Å². The van der Waals surface area contributed by atoms with Gasteiger partial charge in [0.2, 0.25) is 0 Å². The zero-order valence-electron chi connectivity index (χ0n) is 17.7. The third-order valence-corrected chi connectivity index (χ3v) is 5.37. The Kier molecular flexibility index (Phi) is 6.81. The molecule has 32 heavy (non-hydrogen) atoms. The fraction of sp³-hybridized carbons (Fsp3) is 0.292. The molecule has 0 atom stereocenters. The SMILES string of the molecule is O=C1COc2ccc(C(=O)OCC(=O)N3CCN(C/C=C/c4ccccc4)CC3)cc2N1. The fourth-order valence-electron chi connectivity index (χ4n) is 3.59. The molecule has 1 fully saturated rings. The van der Waals surface area contributed by atoms with E-state index in [0.29, 0.717) is 24.5 Å². The summed E-state index contributed by atoms with van der Waals surface area (Å²) in [5.74, 6) is -0.625.